The summed E-state index contributed by atoms with van der Waals surface area (Å²) >= 11 is 0. The molecular weight excluding hydrogens is 526 g/mol. The second kappa shape index (κ2) is 11.1. The van der Waals surface area contributed by atoms with Gasteiger partial charge in [0, 0.05) is 29.6 Å². The maximum absolute atomic E-state index is 12.0. The molecule has 0 spiro atoms. The number of carbonyl (C=O) groups is 1. The highest BCUT2D eigenvalue weighted by molar-refractivity contribution is 5.90. The van der Waals surface area contributed by atoms with Gasteiger partial charge in [0.05, 0.1) is 31.3 Å². The average Bonchev–Trinajstić information content (AvgIpc) is 3.72. The molecule has 0 saturated heterocycles. The number of benzene rings is 2. The molecule has 3 aromatic heterocycles. The first-order valence-electron chi connectivity index (χ1n) is 13.3. The van der Waals surface area contributed by atoms with Crippen LogP contribution in [0.1, 0.15) is 57.3 Å². The maximum Gasteiger partial charge on any atom is 0.374 e. The van der Waals surface area contributed by atoms with Crippen LogP contribution in [0.4, 0.5) is 5.82 Å². The monoisotopic (exact) mass is 555 g/mol. The number of nitrogens with one attached hydrogen (secondary N) is 2. The summed E-state index contributed by atoms with van der Waals surface area (Å²) in [6.07, 6.45) is 0.885. The van der Waals surface area contributed by atoms with E-state index in [9.17, 15) is 25.2 Å². The number of hydrogen-bond donors (Lipinski definition) is 6. The molecule has 1 aliphatic carbocycles. The fourth-order valence-corrected chi connectivity index (χ4v) is 5.72. The second-order valence-electron chi connectivity index (χ2n) is 10.1. The van der Waals surface area contributed by atoms with Crippen LogP contribution in [0.2, 0.25) is 0 Å². The number of aliphatic hydroxyl groups is 3. The number of H-pyrrole nitrogens is 1. The van der Waals surface area contributed by atoms with E-state index in [1.807, 2.05) is 60.7 Å². The number of aromatic amines is 1. The standard InChI is InChI=1S/C29H29N7O5/c37-14-18-12-32-35-22(18)19-11-21(25(39)24(19)38)36-15-31-23-26(33-27(29(40)41)34-28(23)36)30-13-20(16-7-3-1-4-8-16)17-9-5-2-6-10-17/h1-10,12,15,19-21,24-25,37-39H,11,13-14H2,(H,32,35)(H,40,41)(H,30,33,34)/t19-,21+,24?,25?/m0/s1. The van der Waals surface area contributed by atoms with Crippen molar-refractivity contribution >= 4 is 23.0 Å². The highest BCUT2D eigenvalue weighted by Crippen LogP contribution is 2.43. The van der Waals surface area contributed by atoms with Gasteiger partial charge in [-0.2, -0.15) is 5.10 Å². The van der Waals surface area contributed by atoms with Crippen molar-refractivity contribution in [3.8, 4) is 0 Å². The summed E-state index contributed by atoms with van der Waals surface area (Å²) in [5.41, 5.74) is 3.80. The third kappa shape index (κ3) is 4.92. The first-order valence-corrected chi connectivity index (χ1v) is 13.3. The Morgan fingerprint density at radius 2 is 1.71 bits per heavy atom. The van der Waals surface area contributed by atoms with E-state index in [0.717, 1.165) is 11.1 Å². The van der Waals surface area contributed by atoms with Crippen LogP contribution in [-0.2, 0) is 6.61 Å². The summed E-state index contributed by atoms with van der Waals surface area (Å²) in [5.74, 6) is -2.06. The van der Waals surface area contributed by atoms with Gasteiger partial charge in [-0.25, -0.2) is 19.7 Å². The molecule has 0 bridgehead atoms. The number of imidazole rings is 1. The van der Waals surface area contributed by atoms with Gasteiger partial charge < -0.3 is 30.3 Å². The molecule has 4 atom stereocenters. The molecule has 3 heterocycles. The van der Waals surface area contributed by atoms with E-state index in [-0.39, 0.29) is 30.4 Å². The molecule has 2 unspecified atom stereocenters. The third-order valence-electron chi connectivity index (χ3n) is 7.79. The number of aliphatic hydroxyl groups excluding tert-OH is 3. The highest BCUT2D eigenvalue weighted by atomic mass is 16.4. The highest BCUT2D eigenvalue weighted by Gasteiger charge is 2.45. The maximum atomic E-state index is 12.0. The smallest absolute Gasteiger partial charge is 0.374 e. The van der Waals surface area contributed by atoms with Crippen LogP contribution in [-0.4, -0.2) is 74.9 Å². The lowest BCUT2D eigenvalue weighted by Gasteiger charge is -2.20. The van der Waals surface area contributed by atoms with Crippen LogP contribution in [0.3, 0.4) is 0 Å². The van der Waals surface area contributed by atoms with Crippen molar-refractivity contribution in [1.82, 2.24) is 29.7 Å². The van der Waals surface area contributed by atoms with Gasteiger partial charge in [-0.1, -0.05) is 60.7 Å². The van der Waals surface area contributed by atoms with Gasteiger partial charge in [-0.05, 0) is 17.5 Å². The zero-order valence-electron chi connectivity index (χ0n) is 21.9. The van der Waals surface area contributed by atoms with Gasteiger partial charge >= 0.3 is 5.97 Å². The van der Waals surface area contributed by atoms with E-state index >= 15 is 0 Å². The van der Waals surface area contributed by atoms with E-state index in [2.05, 4.69) is 30.5 Å². The van der Waals surface area contributed by atoms with Crippen LogP contribution in [0.15, 0.2) is 73.2 Å². The van der Waals surface area contributed by atoms with Crippen LogP contribution in [0.25, 0.3) is 11.2 Å². The molecule has 210 valence electrons. The van der Waals surface area contributed by atoms with Gasteiger partial charge in [0.1, 0.15) is 11.6 Å². The number of nitrogens with zero attached hydrogens (tertiary/aromatic N) is 5. The van der Waals surface area contributed by atoms with Gasteiger partial charge in [0.25, 0.3) is 0 Å². The number of aromatic carboxylic acids is 1. The molecule has 6 rings (SSSR count). The zero-order chi connectivity index (χ0) is 28.5. The van der Waals surface area contributed by atoms with Crippen molar-refractivity contribution in [2.75, 3.05) is 11.9 Å². The van der Waals surface area contributed by atoms with Gasteiger partial charge in [-0.15, -0.1) is 0 Å². The molecule has 1 fully saturated rings. The van der Waals surface area contributed by atoms with E-state index in [1.54, 1.807) is 4.57 Å². The summed E-state index contributed by atoms with van der Waals surface area (Å²) in [7, 11) is 0. The minimum Gasteiger partial charge on any atom is -0.475 e. The largest absolute Gasteiger partial charge is 0.475 e. The summed E-state index contributed by atoms with van der Waals surface area (Å²) in [6.45, 7) is 0.143. The van der Waals surface area contributed by atoms with E-state index < -0.39 is 36.0 Å². The number of hydrogen-bond acceptors (Lipinski definition) is 9. The Morgan fingerprint density at radius 3 is 2.34 bits per heavy atom. The second-order valence-corrected chi connectivity index (χ2v) is 10.1. The summed E-state index contributed by atoms with van der Waals surface area (Å²) in [5, 5.41) is 51.5. The third-order valence-corrected chi connectivity index (χ3v) is 7.79. The van der Waals surface area contributed by atoms with Crippen LogP contribution in [0.5, 0.6) is 0 Å². The predicted octanol–water partition coefficient (Wildman–Crippen LogP) is 2.43. The Hall–Kier alpha value is -4.65. The number of carboxylic acids is 1. The SMILES string of the molecule is O=C(O)c1nc(NCC(c2ccccc2)c2ccccc2)c2ncn([C@@H]3C[C@@H](c4[nH]ncc4CO)C(O)C3O)c2n1. The topological polar surface area (TPSA) is 182 Å². The molecular formula is C29H29N7O5. The van der Waals surface area contributed by atoms with Gasteiger partial charge in [0.2, 0.25) is 5.82 Å². The van der Waals surface area contributed by atoms with E-state index in [4.69, 9.17) is 0 Å². The van der Waals surface area contributed by atoms with Crippen molar-refractivity contribution in [2.24, 2.45) is 0 Å². The van der Waals surface area contributed by atoms with Gasteiger partial charge in [-0.3, -0.25) is 5.10 Å². The number of fused-ring (bicyclic) bond motifs is 1. The lowest BCUT2D eigenvalue weighted by Crippen LogP contribution is -2.29. The Morgan fingerprint density at radius 1 is 1.02 bits per heavy atom. The fourth-order valence-electron chi connectivity index (χ4n) is 5.72. The molecule has 6 N–H and O–H groups in total. The number of aromatic nitrogens is 6. The molecule has 1 saturated carbocycles. The Kier molecular flexibility index (Phi) is 7.18. The zero-order valence-corrected chi connectivity index (χ0v) is 21.9. The van der Waals surface area contributed by atoms with Crippen molar-refractivity contribution in [3.05, 3.63) is 101 Å². The predicted molar refractivity (Wildman–Crippen MR) is 148 cm³/mol. The molecule has 41 heavy (non-hydrogen) atoms. The normalized spacial score (nSPS) is 20.6. The molecule has 0 amide bonds. The number of rotatable bonds is 9. The Bertz CT molecular complexity index is 1620. The average molecular weight is 556 g/mol. The van der Waals surface area contributed by atoms with Crippen molar-refractivity contribution in [3.63, 3.8) is 0 Å². The fraction of sp³-hybridized carbons (Fsp3) is 0.276. The Labute approximate surface area is 234 Å². The first kappa shape index (κ1) is 26.6. The van der Waals surface area contributed by atoms with Crippen molar-refractivity contribution < 1.29 is 25.2 Å². The molecule has 1 aliphatic rings. The lowest BCUT2D eigenvalue weighted by molar-refractivity contribution is 0.0172. The summed E-state index contributed by atoms with van der Waals surface area (Å²) in [4.78, 5) is 25.0. The minimum absolute atomic E-state index is 0.0551. The molecule has 5 aromatic rings. The molecule has 12 heteroatoms. The quantitative estimate of drug-likeness (QED) is 0.158. The van der Waals surface area contributed by atoms with Crippen LogP contribution >= 0.6 is 0 Å². The van der Waals surface area contributed by atoms with Crippen molar-refractivity contribution in [2.45, 2.75) is 43.1 Å². The van der Waals surface area contributed by atoms with Crippen LogP contribution < -0.4 is 5.32 Å². The van der Waals surface area contributed by atoms with Crippen LogP contribution in [0, 0.1) is 0 Å². The van der Waals surface area contributed by atoms with Gasteiger partial charge in [0.15, 0.2) is 11.5 Å². The van der Waals surface area contributed by atoms with E-state index in [0.29, 0.717) is 23.3 Å². The number of anilines is 1. The first-order chi connectivity index (χ1) is 20.0. The number of carboxylic acid groups (broad SMARTS) is 1. The van der Waals surface area contributed by atoms with Crippen molar-refractivity contribution in [1.29, 1.82) is 0 Å². The molecule has 0 aliphatic heterocycles. The minimum atomic E-state index is -1.31. The molecule has 0 radical (unpaired) electrons. The summed E-state index contributed by atoms with van der Waals surface area (Å²) < 4.78 is 1.59. The molecule has 2 aromatic carbocycles. The molecule has 12 nitrogen and oxygen atoms in total. The van der Waals surface area contributed by atoms with E-state index in [1.165, 1.54) is 12.5 Å². The lowest BCUT2D eigenvalue weighted by atomic mass is 9.91. The summed E-state index contributed by atoms with van der Waals surface area (Å²) in [6, 6.07) is 19.3. The Balaban J connectivity index is 1.35.